The summed E-state index contributed by atoms with van der Waals surface area (Å²) in [5, 5.41) is 2.72. The van der Waals surface area contributed by atoms with Crippen LogP contribution in [0.3, 0.4) is 0 Å². The maximum atomic E-state index is 11.9. The summed E-state index contributed by atoms with van der Waals surface area (Å²) in [6, 6.07) is 3.76. The minimum atomic E-state index is -0.182. The molecule has 1 amide bonds. The highest BCUT2D eigenvalue weighted by atomic mass is 79.9. The molecule has 0 aromatic heterocycles. The topological polar surface area (TPSA) is 55.4 Å². The molecule has 1 heterocycles. The zero-order valence-corrected chi connectivity index (χ0v) is 14.0. The number of carbonyl (C=O) groups excluding carboxylic acids is 2. The largest absolute Gasteiger partial charge is 0.494 e. The third-order valence-electron chi connectivity index (χ3n) is 2.94. The van der Waals surface area contributed by atoms with Gasteiger partial charge in [-0.2, -0.15) is 0 Å². The van der Waals surface area contributed by atoms with Crippen LogP contribution in [0.25, 0.3) is 0 Å². The number of ketones is 1. The van der Waals surface area contributed by atoms with Gasteiger partial charge in [-0.25, -0.2) is 0 Å². The van der Waals surface area contributed by atoms with Crippen LogP contribution in [-0.2, 0) is 16.0 Å². The molecule has 4 nitrogen and oxygen atoms in total. The van der Waals surface area contributed by atoms with Gasteiger partial charge in [0.15, 0.2) is 5.78 Å². The highest BCUT2D eigenvalue weighted by Crippen LogP contribution is 2.35. The molecule has 0 saturated carbocycles. The van der Waals surface area contributed by atoms with Gasteiger partial charge >= 0.3 is 0 Å². The molecule has 1 aliphatic heterocycles. The number of hydrogen-bond donors (Lipinski definition) is 1. The van der Waals surface area contributed by atoms with Crippen molar-refractivity contribution in [1.29, 1.82) is 0 Å². The average molecular weight is 403 g/mol. The Morgan fingerprint density at radius 2 is 1.90 bits per heavy atom. The number of nitrogens with one attached hydrogen (secondary N) is 1. The van der Waals surface area contributed by atoms with Crippen LogP contribution >= 0.6 is 31.9 Å². The summed E-state index contributed by atoms with van der Waals surface area (Å²) in [7, 11) is 1.59. The van der Waals surface area contributed by atoms with Crippen LogP contribution in [0, 0.1) is 0 Å². The van der Waals surface area contributed by atoms with Crippen LogP contribution in [0.15, 0.2) is 32.7 Å². The number of benzene rings is 1. The summed E-state index contributed by atoms with van der Waals surface area (Å²) in [6.45, 7) is 0.396. The molecule has 0 bridgehead atoms. The first-order valence-electron chi connectivity index (χ1n) is 6.04. The van der Waals surface area contributed by atoms with E-state index in [4.69, 9.17) is 4.74 Å². The Kier molecular flexibility index (Phi) is 4.99. The summed E-state index contributed by atoms with van der Waals surface area (Å²) < 4.78 is 6.83. The quantitative estimate of drug-likeness (QED) is 0.845. The summed E-state index contributed by atoms with van der Waals surface area (Å²) >= 11 is 6.85. The van der Waals surface area contributed by atoms with Gasteiger partial charge in [-0.05, 0) is 55.6 Å². The van der Waals surface area contributed by atoms with Gasteiger partial charge in [-0.3, -0.25) is 9.59 Å². The van der Waals surface area contributed by atoms with Gasteiger partial charge < -0.3 is 10.1 Å². The summed E-state index contributed by atoms with van der Waals surface area (Å²) in [5.41, 5.74) is 1.40. The molecule has 6 heteroatoms. The van der Waals surface area contributed by atoms with Crippen molar-refractivity contribution in [3.63, 3.8) is 0 Å². The average Bonchev–Trinajstić information content (AvgIpc) is 2.51. The second-order valence-corrected chi connectivity index (χ2v) is 6.12. The molecular weight excluding hydrogens is 390 g/mol. The first-order valence-corrected chi connectivity index (χ1v) is 7.63. The van der Waals surface area contributed by atoms with Crippen LogP contribution in [0.2, 0.25) is 0 Å². The second-order valence-electron chi connectivity index (χ2n) is 4.41. The van der Waals surface area contributed by atoms with Gasteiger partial charge in [0.2, 0.25) is 5.91 Å². The van der Waals surface area contributed by atoms with Crippen LogP contribution in [-0.4, -0.2) is 25.3 Å². The number of methoxy groups -OCH3 is 1. The summed E-state index contributed by atoms with van der Waals surface area (Å²) in [5.74, 6) is 0.494. The lowest BCUT2D eigenvalue weighted by Gasteiger charge is -2.10. The maximum absolute atomic E-state index is 11.9. The predicted octanol–water partition coefficient (Wildman–Crippen LogP) is 2.78. The van der Waals surface area contributed by atoms with Crippen molar-refractivity contribution in [3.8, 4) is 5.75 Å². The number of halogens is 2. The monoisotopic (exact) mass is 401 g/mol. The molecule has 0 spiro atoms. The fourth-order valence-electron chi connectivity index (χ4n) is 2.01. The van der Waals surface area contributed by atoms with E-state index in [1.807, 2.05) is 12.1 Å². The predicted molar refractivity (Wildman–Crippen MR) is 82.8 cm³/mol. The smallest absolute Gasteiger partial charge is 0.247 e. The van der Waals surface area contributed by atoms with Gasteiger partial charge in [0.1, 0.15) is 5.75 Å². The molecule has 1 aliphatic rings. The molecule has 20 heavy (non-hydrogen) atoms. The third-order valence-corrected chi connectivity index (χ3v) is 4.12. The zero-order valence-electron chi connectivity index (χ0n) is 10.8. The molecule has 1 aromatic carbocycles. The van der Waals surface area contributed by atoms with Crippen molar-refractivity contribution in [2.45, 2.75) is 12.8 Å². The van der Waals surface area contributed by atoms with Gasteiger partial charge in [0, 0.05) is 25.0 Å². The lowest BCUT2D eigenvalue weighted by molar-refractivity contribution is -0.117. The minimum Gasteiger partial charge on any atom is -0.494 e. The van der Waals surface area contributed by atoms with Crippen molar-refractivity contribution in [2.75, 3.05) is 13.7 Å². The Morgan fingerprint density at radius 3 is 2.50 bits per heavy atom. The number of rotatable bonds is 3. The molecular formula is C14H13Br2NO3. The number of ether oxygens (including phenoxy) is 1. The van der Waals surface area contributed by atoms with Crippen molar-refractivity contribution < 1.29 is 14.3 Å². The molecule has 0 fully saturated rings. The second kappa shape index (κ2) is 6.54. The fraction of sp³-hybridized carbons (Fsp3) is 0.286. The van der Waals surface area contributed by atoms with E-state index in [0.717, 1.165) is 14.5 Å². The van der Waals surface area contributed by atoms with Crippen molar-refractivity contribution >= 4 is 43.6 Å². The Balaban J connectivity index is 2.29. The Morgan fingerprint density at radius 1 is 1.25 bits per heavy atom. The number of hydrogen-bond acceptors (Lipinski definition) is 3. The molecule has 0 unspecified atom stereocenters. The van der Waals surface area contributed by atoms with Crippen molar-refractivity contribution in [3.05, 3.63) is 38.3 Å². The highest BCUT2D eigenvalue weighted by Gasteiger charge is 2.17. The van der Waals surface area contributed by atoms with E-state index in [2.05, 4.69) is 37.2 Å². The van der Waals surface area contributed by atoms with E-state index in [1.165, 1.54) is 6.08 Å². The summed E-state index contributed by atoms with van der Waals surface area (Å²) in [6.07, 6.45) is 2.19. The van der Waals surface area contributed by atoms with Crippen molar-refractivity contribution in [1.82, 2.24) is 5.32 Å². The van der Waals surface area contributed by atoms with Crippen LogP contribution < -0.4 is 10.1 Å². The molecule has 0 aliphatic carbocycles. The third kappa shape index (κ3) is 3.49. The fourth-order valence-corrected chi connectivity index (χ4v) is 3.61. The van der Waals surface area contributed by atoms with E-state index < -0.39 is 0 Å². The van der Waals surface area contributed by atoms with Crippen molar-refractivity contribution in [2.24, 2.45) is 0 Å². The number of allylic oxidation sites excluding steroid dienone is 1. The lowest BCUT2D eigenvalue weighted by Crippen LogP contribution is -2.25. The van der Waals surface area contributed by atoms with Gasteiger partial charge in [-0.1, -0.05) is 0 Å². The van der Waals surface area contributed by atoms with Crippen LogP contribution in [0.1, 0.15) is 12.0 Å². The first kappa shape index (κ1) is 15.3. The molecule has 0 atom stereocenters. The lowest BCUT2D eigenvalue weighted by atomic mass is 10.0. The SMILES string of the molecule is COc1c(Br)cc(CC2=CC(=O)CCNC2=O)cc1Br. The Hall–Kier alpha value is -1.14. The molecule has 0 radical (unpaired) electrons. The highest BCUT2D eigenvalue weighted by molar-refractivity contribution is 9.11. The normalized spacial score (nSPS) is 15.4. The van der Waals surface area contributed by atoms with E-state index in [9.17, 15) is 9.59 Å². The van der Waals surface area contributed by atoms with E-state index in [-0.39, 0.29) is 11.7 Å². The molecule has 2 rings (SSSR count). The molecule has 1 aromatic rings. The maximum Gasteiger partial charge on any atom is 0.247 e. The van der Waals surface area contributed by atoms with Crippen LogP contribution in [0.5, 0.6) is 5.75 Å². The Labute approximate surface area is 133 Å². The van der Waals surface area contributed by atoms with Crippen LogP contribution in [0.4, 0.5) is 0 Å². The van der Waals surface area contributed by atoms with E-state index >= 15 is 0 Å². The minimum absolute atomic E-state index is 0.0232. The zero-order chi connectivity index (χ0) is 14.7. The first-order chi connectivity index (χ1) is 9.51. The summed E-state index contributed by atoms with van der Waals surface area (Å²) in [4.78, 5) is 23.4. The van der Waals surface area contributed by atoms with E-state index in [1.54, 1.807) is 7.11 Å². The molecule has 106 valence electrons. The number of carbonyl (C=O) groups is 2. The van der Waals surface area contributed by atoms with Gasteiger partial charge in [0.05, 0.1) is 16.1 Å². The Bertz CT molecular complexity index is 573. The molecule has 0 saturated heterocycles. The van der Waals surface area contributed by atoms with E-state index in [0.29, 0.717) is 30.7 Å². The number of amides is 1. The van der Waals surface area contributed by atoms with Gasteiger partial charge in [0.25, 0.3) is 0 Å². The standard InChI is InChI=1S/C14H13Br2NO3/c1-20-13-11(15)5-8(6-12(13)16)4-9-7-10(18)2-3-17-14(9)19/h5-7H,2-4H2,1H3,(H,17,19). The van der Waals surface area contributed by atoms with Gasteiger partial charge in [-0.15, -0.1) is 0 Å². The molecule has 1 N–H and O–H groups in total.